The van der Waals surface area contributed by atoms with Crippen molar-refractivity contribution in [3.05, 3.63) is 16.4 Å². The molecule has 1 aromatic rings. The van der Waals surface area contributed by atoms with E-state index in [0.29, 0.717) is 31.2 Å². The number of hydrogen-bond acceptors (Lipinski definition) is 5. The van der Waals surface area contributed by atoms with E-state index in [1.165, 1.54) is 12.8 Å². The van der Waals surface area contributed by atoms with Gasteiger partial charge in [-0.1, -0.05) is 5.16 Å². The monoisotopic (exact) mass is 465 g/mol. The molecule has 3 aliphatic rings. The molecule has 0 aromatic carbocycles. The Labute approximate surface area is 178 Å². The molecule has 29 heavy (non-hydrogen) atoms. The van der Waals surface area contributed by atoms with Crippen LogP contribution in [0.25, 0.3) is 0 Å². The van der Waals surface area contributed by atoms with E-state index >= 15 is 0 Å². The summed E-state index contributed by atoms with van der Waals surface area (Å²) in [5.74, 6) is 1.04. The minimum atomic E-state index is -0.449. The number of hydrogen-bond donors (Lipinski definition) is 2. The first kappa shape index (κ1) is 20.4. The van der Waals surface area contributed by atoms with Crippen molar-refractivity contribution in [3.63, 3.8) is 0 Å². The molecule has 158 valence electrons. The van der Waals surface area contributed by atoms with Crippen LogP contribution in [0.15, 0.2) is 15.8 Å². The Morgan fingerprint density at radius 2 is 2.14 bits per heavy atom. The summed E-state index contributed by atoms with van der Waals surface area (Å²) >= 11 is 3.42. The van der Waals surface area contributed by atoms with Crippen LogP contribution in [0.4, 0.5) is 0 Å². The summed E-state index contributed by atoms with van der Waals surface area (Å²) in [6.45, 7) is 0.657. The largest absolute Gasteiger partial charge is 0.382 e. The summed E-state index contributed by atoms with van der Waals surface area (Å²) in [5, 5.41) is 14.4. The highest BCUT2D eigenvalue weighted by molar-refractivity contribution is 9.10. The minimum absolute atomic E-state index is 0.00185. The number of halogens is 1. The molecule has 1 aromatic heterocycles. The van der Waals surface area contributed by atoms with Crippen LogP contribution >= 0.6 is 15.9 Å². The molecule has 2 N–H and O–H groups in total. The number of nitrogens with zero attached hydrogens (tertiary/aromatic N) is 3. The summed E-state index contributed by atoms with van der Waals surface area (Å²) in [5.41, 5.74) is 1.93. The first-order valence-corrected chi connectivity index (χ1v) is 11.2. The van der Waals surface area contributed by atoms with Gasteiger partial charge in [-0.15, -0.1) is 0 Å². The number of carbonyl (C=O) groups excluding carboxylic acids is 2. The maximum absolute atomic E-state index is 12.4. The van der Waals surface area contributed by atoms with Crippen LogP contribution in [0.5, 0.6) is 0 Å². The molecule has 0 spiro atoms. The van der Waals surface area contributed by atoms with Gasteiger partial charge >= 0.3 is 0 Å². The maximum Gasteiger partial charge on any atom is 0.264 e. The smallest absolute Gasteiger partial charge is 0.264 e. The third kappa shape index (κ3) is 5.18. The Morgan fingerprint density at radius 3 is 2.86 bits per heavy atom. The van der Waals surface area contributed by atoms with Crippen molar-refractivity contribution >= 4 is 33.5 Å². The predicted octanol–water partition coefficient (Wildman–Crippen LogP) is 2.07. The SMILES string of the molecule is Cn1ncc(Br)c1CC(=O)NCCC1CCC(NC(=O)C2CC(C3CC3)=NO2)C1. The highest BCUT2D eigenvalue weighted by Crippen LogP contribution is 2.35. The molecular weight excluding hydrogens is 438 g/mol. The van der Waals surface area contributed by atoms with Crippen LogP contribution in [0, 0.1) is 11.8 Å². The summed E-state index contributed by atoms with van der Waals surface area (Å²) < 4.78 is 2.56. The molecule has 3 atom stereocenters. The molecule has 2 fully saturated rings. The van der Waals surface area contributed by atoms with Gasteiger partial charge in [-0.2, -0.15) is 5.10 Å². The third-order valence-corrected chi connectivity index (χ3v) is 6.80. The Kier molecular flexibility index (Phi) is 6.22. The second-order valence-corrected chi connectivity index (χ2v) is 9.27. The highest BCUT2D eigenvalue weighted by Gasteiger charge is 2.37. The molecule has 0 saturated heterocycles. The molecule has 4 rings (SSSR count). The molecule has 1 aliphatic heterocycles. The zero-order valence-electron chi connectivity index (χ0n) is 16.7. The summed E-state index contributed by atoms with van der Waals surface area (Å²) in [6, 6.07) is 0.196. The van der Waals surface area contributed by atoms with Crippen LogP contribution in [0.2, 0.25) is 0 Å². The fraction of sp³-hybridized carbons (Fsp3) is 0.700. The topological polar surface area (TPSA) is 97.6 Å². The van der Waals surface area contributed by atoms with E-state index in [1.54, 1.807) is 10.9 Å². The van der Waals surface area contributed by atoms with Crippen LogP contribution in [0.1, 0.15) is 50.6 Å². The van der Waals surface area contributed by atoms with Crippen molar-refractivity contribution < 1.29 is 14.4 Å². The fourth-order valence-corrected chi connectivity index (χ4v) is 4.71. The lowest BCUT2D eigenvalue weighted by Gasteiger charge is -2.16. The molecule has 0 radical (unpaired) electrons. The molecule has 2 amide bonds. The molecule has 3 unspecified atom stereocenters. The van der Waals surface area contributed by atoms with E-state index in [1.807, 2.05) is 7.05 Å². The minimum Gasteiger partial charge on any atom is -0.382 e. The van der Waals surface area contributed by atoms with Crippen LogP contribution in [0.3, 0.4) is 0 Å². The van der Waals surface area contributed by atoms with E-state index in [-0.39, 0.29) is 17.9 Å². The van der Waals surface area contributed by atoms with E-state index in [2.05, 4.69) is 36.8 Å². The van der Waals surface area contributed by atoms with Crippen molar-refractivity contribution in [2.75, 3.05) is 6.54 Å². The van der Waals surface area contributed by atoms with E-state index in [4.69, 9.17) is 4.84 Å². The van der Waals surface area contributed by atoms with Gasteiger partial charge in [0.1, 0.15) is 0 Å². The standard InChI is InChI=1S/C20H28BrN5O3/c1-26-17(15(21)11-23-26)10-19(27)22-7-6-12-2-5-14(8-12)24-20(28)18-9-16(25-29-18)13-3-4-13/h11-14,18H,2-10H2,1H3,(H,22,27)(H,24,28). The van der Waals surface area contributed by atoms with Gasteiger partial charge in [0.15, 0.2) is 0 Å². The Balaban J connectivity index is 1.12. The molecule has 9 heteroatoms. The van der Waals surface area contributed by atoms with Crippen LogP contribution in [-0.2, 0) is 27.9 Å². The Hall–Kier alpha value is -1.90. The van der Waals surface area contributed by atoms with Gasteiger partial charge in [0.2, 0.25) is 12.0 Å². The highest BCUT2D eigenvalue weighted by atomic mass is 79.9. The number of oxime groups is 1. The normalized spacial score (nSPS) is 26.1. The quantitative estimate of drug-likeness (QED) is 0.613. The number of aryl methyl sites for hydroxylation is 1. The van der Waals surface area contributed by atoms with Crippen LogP contribution in [-0.4, -0.2) is 46.0 Å². The molecule has 2 heterocycles. The van der Waals surface area contributed by atoms with Crippen molar-refractivity contribution in [1.82, 2.24) is 20.4 Å². The van der Waals surface area contributed by atoms with E-state index in [9.17, 15) is 9.59 Å². The molecular formula is C20H28BrN5O3. The number of aromatic nitrogens is 2. The molecule has 8 nitrogen and oxygen atoms in total. The zero-order chi connectivity index (χ0) is 20.4. The molecule has 0 bridgehead atoms. The van der Waals surface area contributed by atoms with Gasteiger partial charge < -0.3 is 15.5 Å². The average Bonchev–Trinajstić information content (AvgIpc) is 3.11. The summed E-state index contributed by atoms with van der Waals surface area (Å²) in [4.78, 5) is 29.9. The first-order valence-electron chi connectivity index (χ1n) is 10.5. The number of carbonyl (C=O) groups is 2. The zero-order valence-corrected chi connectivity index (χ0v) is 18.3. The third-order valence-electron chi connectivity index (χ3n) is 6.13. The van der Waals surface area contributed by atoms with Crippen molar-refractivity contribution in [2.24, 2.45) is 24.0 Å². The fourth-order valence-electron chi connectivity index (χ4n) is 4.22. The van der Waals surface area contributed by atoms with Crippen molar-refractivity contribution in [3.8, 4) is 0 Å². The van der Waals surface area contributed by atoms with E-state index < -0.39 is 6.10 Å². The Bertz CT molecular complexity index is 785. The summed E-state index contributed by atoms with van der Waals surface area (Å²) in [7, 11) is 1.83. The lowest BCUT2D eigenvalue weighted by molar-refractivity contribution is -0.131. The number of nitrogens with one attached hydrogen (secondary N) is 2. The van der Waals surface area contributed by atoms with Gasteiger partial charge in [0, 0.05) is 32.0 Å². The van der Waals surface area contributed by atoms with Gasteiger partial charge in [-0.25, -0.2) is 0 Å². The Morgan fingerprint density at radius 1 is 1.31 bits per heavy atom. The first-order chi connectivity index (χ1) is 14.0. The lowest BCUT2D eigenvalue weighted by atomic mass is 10.0. The van der Waals surface area contributed by atoms with Crippen LogP contribution < -0.4 is 10.6 Å². The van der Waals surface area contributed by atoms with Crippen molar-refractivity contribution in [2.45, 2.75) is 63.5 Å². The van der Waals surface area contributed by atoms with Gasteiger partial charge in [0.05, 0.1) is 28.5 Å². The van der Waals surface area contributed by atoms with E-state index in [0.717, 1.165) is 41.6 Å². The van der Waals surface area contributed by atoms with Crippen molar-refractivity contribution in [1.29, 1.82) is 0 Å². The second kappa shape index (κ2) is 8.85. The molecule has 2 saturated carbocycles. The van der Waals surface area contributed by atoms with Gasteiger partial charge in [-0.3, -0.25) is 14.3 Å². The average molecular weight is 466 g/mol. The number of amides is 2. The van der Waals surface area contributed by atoms with Gasteiger partial charge in [-0.05, 0) is 60.4 Å². The molecule has 2 aliphatic carbocycles. The lowest BCUT2D eigenvalue weighted by Crippen LogP contribution is -2.40. The summed E-state index contributed by atoms with van der Waals surface area (Å²) in [6.07, 6.45) is 8.50. The predicted molar refractivity (Wildman–Crippen MR) is 111 cm³/mol. The number of rotatable bonds is 8. The maximum atomic E-state index is 12.4. The van der Waals surface area contributed by atoms with Gasteiger partial charge in [0.25, 0.3) is 5.91 Å². The second-order valence-electron chi connectivity index (χ2n) is 8.42.